The van der Waals surface area contributed by atoms with Gasteiger partial charge >= 0.3 is 10.4 Å². The van der Waals surface area contributed by atoms with Crippen LogP contribution in [0.1, 0.15) is 5.56 Å². The van der Waals surface area contributed by atoms with E-state index in [4.69, 9.17) is 9.29 Å². The van der Waals surface area contributed by atoms with Crippen LogP contribution in [0.5, 0.6) is 5.75 Å². The highest BCUT2D eigenvalue weighted by Gasteiger charge is 2.44. The highest BCUT2D eigenvalue weighted by Crippen LogP contribution is 2.30. The molecule has 1 aromatic carbocycles. The molecule has 0 radical (unpaired) electrons. The van der Waals surface area contributed by atoms with Gasteiger partial charge in [-0.1, -0.05) is 29.1 Å². The van der Waals surface area contributed by atoms with Crippen molar-refractivity contribution < 1.29 is 47.5 Å². The minimum Gasteiger partial charge on any atom is -0.508 e. The fourth-order valence-electron chi connectivity index (χ4n) is 2.27. The van der Waals surface area contributed by atoms with Crippen LogP contribution in [0.3, 0.4) is 0 Å². The summed E-state index contributed by atoms with van der Waals surface area (Å²) in [5.74, 6) is 0.00742. The second-order valence-corrected chi connectivity index (χ2v) is 7.82. The molecule has 1 aliphatic heterocycles. The van der Waals surface area contributed by atoms with Gasteiger partial charge in [0.1, 0.15) is 40.6 Å². The molecule has 1 fully saturated rings. The van der Waals surface area contributed by atoms with Crippen molar-refractivity contribution in [1.82, 2.24) is 0 Å². The molecule has 152 valence electrons. The molecule has 1 aromatic rings. The summed E-state index contributed by atoms with van der Waals surface area (Å²) in [7, 11) is -4.88. The molecule has 0 saturated carbocycles. The highest BCUT2D eigenvalue weighted by molar-refractivity contribution is 8.14. The second kappa shape index (κ2) is 9.16. The zero-order valence-electron chi connectivity index (χ0n) is 13.7. The number of benzene rings is 1. The first-order valence-corrected chi connectivity index (χ1v) is 9.83. The number of aliphatic hydroxyl groups is 4. The molecule has 0 amide bonds. The fourth-order valence-corrected chi connectivity index (χ4v) is 3.60. The molecule has 13 heteroatoms. The van der Waals surface area contributed by atoms with Gasteiger partial charge in [0.05, 0.1) is 6.61 Å². The number of aromatic hydroxyl groups is 1. The van der Waals surface area contributed by atoms with Crippen molar-refractivity contribution in [3.8, 4) is 5.75 Å². The molecule has 27 heavy (non-hydrogen) atoms. The highest BCUT2D eigenvalue weighted by atomic mass is 32.3. The molecule has 6 N–H and O–H groups in total. The molecular formula is C14H19NO10S2. The Kier molecular flexibility index (Phi) is 7.41. The molecule has 1 aliphatic rings. The summed E-state index contributed by atoms with van der Waals surface area (Å²) in [4.78, 5) is 0. The molecule has 0 aromatic heterocycles. The number of nitrogens with zero attached hydrogens (tertiary/aromatic N) is 1. The molecule has 0 aliphatic carbocycles. The number of ether oxygens (including phenoxy) is 1. The lowest BCUT2D eigenvalue weighted by Crippen LogP contribution is -2.57. The van der Waals surface area contributed by atoms with Crippen LogP contribution in [0.4, 0.5) is 0 Å². The number of aliphatic hydroxyl groups excluding tert-OH is 4. The molecule has 11 nitrogen and oxygen atoms in total. The fraction of sp³-hybridized carbons (Fsp3) is 0.500. The van der Waals surface area contributed by atoms with Gasteiger partial charge in [-0.15, -0.1) is 0 Å². The standard InChI is InChI=1S/C14H19NO10S2/c16-6-9-11(18)12(19)13(20)14(24-9)26-10(15-25-27(21,22)23)5-7-1-3-8(17)4-2-7/h1-4,9,11-14,16-20H,5-6H2,(H,21,22,23). The third kappa shape index (κ3) is 6.29. The predicted octanol–water partition coefficient (Wildman–Crippen LogP) is -1.40. The summed E-state index contributed by atoms with van der Waals surface area (Å²) < 4.78 is 39.6. The lowest BCUT2D eigenvalue weighted by molar-refractivity contribution is -0.205. The Morgan fingerprint density at radius 3 is 2.33 bits per heavy atom. The van der Waals surface area contributed by atoms with Gasteiger partial charge in [-0.2, -0.15) is 8.42 Å². The Balaban J connectivity index is 2.20. The molecular weight excluding hydrogens is 406 g/mol. The van der Waals surface area contributed by atoms with Crippen LogP contribution in [0.15, 0.2) is 29.4 Å². The number of hydrogen-bond donors (Lipinski definition) is 6. The predicted molar refractivity (Wildman–Crippen MR) is 93.2 cm³/mol. The van der Waals surface area contributed by atoms with Crippen molar-refractivity contribution >= 4 is 27.2 Å². The zero-order chi connectivity index (χ0) is 20.2. The van der Waals surface area contributed by atoms with Gasteiger partial charge in [0.2, 0.25) is 0 Å². The first-order valence-electron chi connectivity index (χ1n) is 7.58. The van der Waals surface area contributed by atoms with Gasteiger partial charge in [0.15, 0.2) is 0 Å². The number of hydrogen-bond acceptors (Lipinski definition) is 11. The number of phenolic OH excluding ortho intramolecular Hbond substituents is 1. The van der Waals surface area contributed by atoms with E-state index in [0.717, 1.165) is 0 Å². The van der Waals surface area contributed by atoms with Crippen molar-refractivity contribution in [1.29, 1.82) is 0 Å². The van der Waals surface area contributed by atoms with Crippen molar-refractivity contribution in [2.45, 2.75) is 36.3 Å². The lowest BCUT2D eigenvalue weighted by Gasteiger charge is -2.39. The second-order valence-electron chi connectivity index (χ2n) is 5.65. The molecule has 2 rings (SSSR count). The van der Waals surface area contributed by atoms with Crippen LogP contribution >= 0.6 is 11.8 Å². The van der Waals surface area contributed by atoms with E-state index in [1.807, 2.05) is 0 Å². The van der Waals surface area contributed by atoms with E-state index in [1.165, 1.54) is 24.3 Å². The molecule has 1 saturated heterocycles. The van der Waals surface area contributed by atoms with Crippen molar-refractivity contribution in [2.24, 2.45) is 5.16 Å². The molecule has 1 heterocycles. The number of phenols is 1. The Bertz CT molecular complexity index is 752. The van der Waals surface area contributed by atoms with Gasteiger partial charge < -0.3 is 30.3 Å². The Hall–Kier alpha value is -1.45. The Labute approximate surface area is 158 Å². The van der Waals surface area contributed by atoms with E-state index in [9.17, 15) is 34.0 Å². The third-order valence-electron chi connectivity index (χ3n) is 3.63. The van der Waals surface area contributed by atoms with Gasteiger partial charge in [0, 0.05) is 6.42 Å². The molecule has 0 bridgehead atoms. The van der Waals surface area contributed by atoms with Crippen LogP contribution in [-0.2, 0) is 25.8 Å². The van der Waals surface area contributed by atoms with E-state index in [2.05, 4.69) is 9.44 Å². The maximum Gasteiger partial charge on any atom is 0.466 e. The first kappa shape index (κ1) is 21.8. The normalized spacial score (nSPS) is 29.5. The van der Waals surface area contributed by atoms with E-state index >= 15 is 0 Å². The lowest BCUT2D eigenvalue weighted by atomic mass is 10.0. The van der Waals surface area contributed by atoms with Gasteiger partial charge in [0.25, 0.3) is 0 Å². The van der Waals surface area contributed by atoms with Crippen molar-refractivity contribution in [3.63, 3.8) is 0 Å². The van der Waals surface area contributed by atoms with Gasteiger partial charge in [-0.05, 0) is 17.7 Å². The van der Waals surface area contributed by atoms with Crippen LogP contribution < -0.4 is 0 Å². The summed E-state index contributed by atoms with van der Waals surface area (Å²) in [5, 5.41) is 51.4. The van der Waals surface area contributed by atoms with Gasteiger partial charge in [-0.25, -0.2) is 4.28 Å². The average molecular weight is 425 g/mol. The maximum atomic E-state index is 10.8. The third-order valence-corrected chi connectivity index (χ3v) is 5.00. The van der Waals surface area contributed by atoms with E-state index in [1.54, 1.807) is 0 Å². The van der Waals surface area contributed by atoms with Crippen LogP contribution in [0.25, 0.3) is 0 Å². The van der Waals surface area contributed by atoms with E-state index in [0.29, 0.717) is 17.3 Å². The minimum atomic E-state index is -4.88. The largest absolute Gasteiger partial charge is 0.508 e. The van der Waals surface area contributed by atoms with Crippen molar-refractivity contribution in [2.75, 3.05) is 6.61 Å². The van der Waals surface area contributed by atoms with Gasteiger partial charge in [-0.3, -0.25) is 4.55 Å². The molecule has 5 unspecified atom stereocenters. The first-order chi connectivity index (χ1) is 12.6. The smallest absolute Gasteiger partial charge is 0.466 e. The summed E-state index contributed by atoms with van der Waals surface area (Å²) in [6.45, 7) is -0.631. The SMILES string of the molecule is O=S(=O)(O)ON=C(Cc1ccc(O)cc1)SC1OC(CO)C(O)C(O)C1O. The molecule has 5 atom stereocenters. The summed E-state index contributed by atoms with van der Waals surface area (Å²) in [6, 6.07) is 5.81. The van der Waals surface area contributed by atoms with Crippen molar-refractivity contribution in [3.05, 3.63) is 29.8 Å². The Morgan fingerprint density at radius 1 is 1.15 bits per heavy atom. The van der Waals surface area contributed by atoms with Crippen LogP contribution in [0, 0.1) is 0 Å². The van der Waals surface area contributed by atoms with Crippen LogP contribution in [-0.4, -0.2) is 80.0 Å². The minimum absolute atomic E-state index is 0.00742. The average Bonchev–Trinajstić information content (AvgIpc) is 2.61. The number of oxime groups is 1. The number of rotatable bonds is 6. The summed E-state index contributed by atoms with van der Waals surface area (Å²) in [5.41, 5.74) is -0.649. The quantitative estimate of drug-likeness (QED) is 0.136. The Morgan fingerprint density at radius 2 is 1.78 bits per heavy atom. The van der Waals surface area contributed by atoms with Crippen LogP contribution in [0.2, 0.25) is 0 Å². The molecule has 0 spiro atoms. The number of thioether (sulfide) groups is 1. The van der Waals surface area contributed by atoms with E-state index in [-0.39, 0.29) is 17.2 Å². The monoisotopic (exact) mass is 425 g/mol. The summed E-state index contributed by atoms with van der Waals surface area (Å²) in [6.07, 6.45) is -5.93. The topological polar surface area (TPSA) is 186 Å². The zero-order valence-corrected chi connectivity index (χ0v) is 15.3. The summed E-state index contributed by atoms with van der Waals surface area (Å²) >= 11 is 0.671. The van der Waals surface area contributed by atoms with E-state index < -0.39 is 46.9 Å². The maximum absolute atomic E-state index is 10.8.